The van der Waals surface area contributed by atoms with Gasteiger partial charge in [-0.25, -0.2) is 0 Å². The summed E-state index contributed by atoms with van der Waals surface area (Å²) in [6.07, 6.45) is 0.273. The van der Waals surface area contributed by atoms with Crippen molar-refractivity contribution >= 4 is 33.1 Å². The molecular formula is C38H28N2O3. The predicted octanol–water partition coefficient (Wildman–Crippen LogP) is 8.17. The molecule has 1 aliphatic rings. The van der Waals surface area contributed by atoms with Crippen molar-refractivity contribution in [3.05, 3.63) is 144 Å². The third-order valence-corrected chi connectivity index (χ3v) is 8.44. The number of fused-ring (bicyclic) bond motifs is 2. The summed E-state index contributed by atoms with van der Waals surface area (Å²) in [5.41, 5.74) is 3.23. The van der Waals surface area contributed by atoms with E-state index in [2.05, 4.69) is 0 Å². The van der Waals surface area contributed by atoms with Crippen molar-refractivity contribution in [1.29, 1.82) is 0 Å². The number of carbonyl (C=O) groups excluding carboxylic acids is 2. The Morgan fingerprint density at radius 2 is 1.12 bits per heavy atom. The van der Waals surface area contributed by atoms with E-state index < -0.39 is 22.7 Å². The first-order valence-electron chi connectivity index (χ1n) is 14.4. The van der Waals surface area contributed by atoms with E-state index >= 15 is 0 Å². The van der Waals surface area contributed by atoms with Crippen LogP contribution in [0.2, 0.25) is 0 Å². The van der Waals surface area contributed by atoms with Crippen LogP contribution in [0.5, 0.6) is 0 Å². The number of benzene rings is 4. The molecule has 0 aliphatic heterocycles. The number of nitrogens with zero attached hydrogens (tertiary/aromatic N) is 2. The highest BCUT2D eigenvalue weighted by molar-refractivity contribution is 6.09. The molecule has 2 heterocycles. The number of aliphatic hydroxyl groups excluding tert-OH is 1. The number of ketones is 2. The van der Waals surface area contributed by atoms with Crippen LogP contribution in [-0.2, 0) is 15.0 Å². The largest absolute Gasteiger partial charge is 0.504 e. The summed E-state index contributed by atoms with van der Waals surface area (Å²) in [4.78, 5) is 37.3. The normalized spacial score (nSPS) is 14.8. The monoisotopic (exact) mass is 560 g/mol. The summed E-state index contributed by atoms with van der Waals surface area (Å²) in [5, 5.41) is 15.0. The van der Waals surface area contributed by atoms with Crippen LogP contribution in [0.4, 0.5) is 0 Å². The summed E-state index contributed by atoms with van der Waals surface area (Å²) in [7, 11) is 0. The van der Waals surface area contributed by atoms with Crippen molar-refractivity contribution < 1.29 is 14.7 Å². The number of rotatable bonds is 5. The Bertz CT molecular complexity index is 1960. The van der Waals surface area contributed by atoms with Crippen molar-refractivity contribution in [3.8, 4) is 22.5 Å². The van der Waals surface area contributed by atoms with E-state index in [1.165, 1.54) is 6.92 Å². The minimum atomic E-state index is -1.31. The number of Topliss-reactive ketones (excluding diaryl/α,β-unsaturated/α-hetero) is 2. The Morgan fingerprint density at radius 3 is 1.58 bits per heavy atom. The van der Waals surface area contributed by atoms with Gasteiger partial charge in [0.15, 0.2) is 17.3 Å². The van der Waals surface area contributed by atoms with Gasteiger partial charge in [-0.3, -0.25) is 19.6 Å². The maximum Gasteiger partial charge on any atom is 0.197 e. The molecule has 0 saturated heterocycles. The van der Waals surface area contributed by atoms with Crippen LogP contribution < -0.4 is 0 Å². The molecule has 0 unspecified atom stereocenters. The first-order valence-corrected chi connectivity index (χ1v) is 14.4. The quantitative estimate of drug-likeness (QED) is 0.230. The van der Waals surface area contributed by atoms with Gasteiger partial charge in [-0.15, -0.1) is 0 Å². The van der Waals surface area contributed by atoms with Gasteiger partial charge in [-0.2, -0.15) is 0 Å². The number of aliphatic hydroxyl groups is 1. The third-order valence-electron chi connectivity index (χ3n) is 8.44. The van der Waals surface area contributed by atoms with Crippen molar-refractivity contribution in [2.24, 2.45) is 0 Å². The SMILES string of the molecule is CC(=O)C1=C(O)C(=O)CCC1(c1nc(-c2ccccc2)cc2ccccc12)c1nc(-c2ccccc2)cc2ccccc12. The summed E-state index contributed by atoms with van der Waals surface area (Å²) in [6, 6.07) is 39.7. The molecule has 0 bridgehead atoms. The van der Waals surface area contributed by atoms with E-state index in [1.807, 2.05) is 121 Å². The zero-order chi connectivity index (χ0) is 29.6. The fraction of sp³-hybridized carbons (Fsp3) is 0.105. The van der Waals surface area contributed by atoms with E-state index in [9.17, 15) is 14.7 Å². The standard InChI is InChI=1S/C38H28N2O3/c1-24(41)34-35(43)33(42)20-21-38(34,36-29-18-10-8-16-27(29)22-31(39-36)25-12-4-2-5-13-25)37-30-19-11-9-17-28(30)23-32(40-37)26-14-6-3-7-15-26/h2-19,22-23,43H,20-21H2,1H3. The van der Waals surface area contributed by atoms with Crippen molar-refractivity contribution in [2.45, 2.75) is 25.2 Å². The van der Waals surface area contributed by atoms with Gasteiger partial charge in [0.1, 0.15) is 0 Å². The Hall–Kier alpha value is -5.42. The highest BCUT2D eigenvalue weighted by Crippen LogP contribution is 2.51. The summed E-state index contributed by atoms with van der Waals surface area (Å²) < 4.78 is 0. The lowest BCUT2D eigenvalue weighted by Crippen LogP contribution is -2.41. The summed E-state index contributed by atoms with van der Waals surface area (Å²) in [5.74, 6) is -1.35. The van der Waals surface area contributed by atoms with Crippen LogP contribution in [0.3, 0.4) is 0 Å². The van der Waals surface area contributed by atoms with E-state index in [1.54, 1.807) is 0 Å². The summed E-state index contributed by atoms with van der Waals surface area (Å²) >= 11 is 0. The van der Waals surface area contributed by atoms with Gasteiger partial charge in [0, 0.05) is 28.3 Å². The molecule has 0 amide bonds. The Balaban J connectivity index is 1.68. The Kier molecular flexibility index (Phi) is 6.43. The van der Waals surface area contributed by atoms with Gasteiger partial charge in [0.05, 0.1) is 33.8 Å². The molecule has 6 aromatic rings. The van der Waals surface area contributed by atoms with Gasteiger partial charge in [0.2, 0.25) is 0 Å². The van der Waals surface area contributed by atoms with E-state index in [0.29, 0.717) is 11.4 Å². The molecule has 0 atom stereocenters. The van der Waals surface area contributed by atoms with Crippen LogP contribution >= 0.6 is 0 Å². The fourth-order valence-electron chi connectivity index (χ4n) is 6.50. The first kappa shape index (κ1) is 26.5. The van der Waals surface area contributed by atoms with Crippen LogP contribution in [0, 0.1) is 0 Å². The fourth-order valence-corrected chi connectivity index (χ4v) is 6.50. The lowest BCUT2D eigenvalue weighted by molar-refractivity contribution is -0.121. The molecule has 4 aromatic carbocycles. The molecule has 0 fully saturated rings. The first-order chi connectivity index (χ1) is 21.0. The van der Waals surface area contributed by atoms with Crippen LogP contribution in [0.15, 0.2) is 133 Å². The third kappa shape index (κ3) is 4.32. The van der Waals surface area contributed by atoms with Gasteiger partial charge >= 0.3 is 0 Å². The van der Waals surface area contributed by atoms with Gasteiger partial charge < -0.3 is 5.11 Å². The lowest BCUT2D eigenvalue weighted by atomic mass is 9.63. The number of allylic oxidation sites excluding steroid dienone is 2. The number of pyridine rings is 2. The zero-order valence-electron chi connectivity index (χ0n) is 23.6. The van der Waals surface area contributed by atoms with Crippen LogP contribution in [0.25, 0.3) is 44.1 Å². The van der Waals surface area contributed by atoms with Crippen molar-refractivity contribution in [3.63, 3.8) is 0 Å². The predicted molar refractivity (Wildman–Crippen MR) is 170 cm³/mol. The highest BCUT2D eigenvalue weighted by atomic mass is 16.3. The van der Waals surface area contributed by atoms with E-state index in [4.69, 9.17) is 9.97 Å². The van der Waals surface area contributed by atoms with Gasteiger partial charge in [-0.1, -0.05) is 109 Å². The summed E-state index contributed by atoms with van der Waals surface area (Å²) in [6.45, 7) is 1.41. The molecule has 7 rings (SSSR count). The molecular weight excluding hydrogens is 532 g/mol. The second-order valence-corrected chi connectivity index (χ2v) is 11.0. The van der Waals surface area contributed by atoms with Crippen LogP contribution in [0.1, 0.15) is 31.2 Å². The van der Waals surface area contributed by atoms with E-state index in [-0.39, 0.29) is 18.4 Å². The number of hydrogen-bond donors (Lipinski definition) is 1. The number of carbonyl (C=O) groups is 2. The topological polar surface area (TPSA) is 80.1 Å². The highest BCUT2D eigenvalue weighted by Gasteiger charge is 2.50. The second-order valence-electron chi connectivity index (χ2n) is 11.0. The second kappa shape index (κ2) is 10.4. The van der Waals surface area contributed by atoms with E-state index in [0.717, 1.165) is 44.1 Å². The Labute approximate surface area is 249 Å². The van der Waals surface area contributed by atoms with Gasteiger partial charge in [0.25, 0.3) is 0 Å². The molecule has 5 nitrogen and oxygen atoms in total. The Morgan fingerprint density at radius 1 is 0.674 bits per heavy atom. The molecule has 208 valence electrons. The van der Waals surface area contributed by atoms with Gasteiger partial charge in [-0.05, 0) is 36.2 Å². The van der Waals surface area contributed by atoms with Crippen LogP contribution in [-0.4, -0.2) is 26.6 Å². The minimum Gasteiger partial charge on any atom is -0.504 e. The smallest absolute Gasteiger partial charge is 0.197 e. The molecule has 5 heteroatoms. The number of aromatic nitrogens is 2. The molecule has 0 spiro atoms. The molecule has 1 aliphatic carbocycles. The minimum absolute atomic E-state index is 0.0366. The van der Waals surface area contributed by atoms with Crippen molar-refractivity contribution in [1.82, 2.24) is 9.97 Å². The molecule has 1 N–H and O–H groups in total. The average molecular weight is 561 g/mol. The lowest BCUT2D eigenvalue weighted by Gasteiger charge is -2.39. The molecule has 2 aromatic heterocycles. The number of hydrogen-bond acceptors (Lipinski definition) is 5. The average Bonchev–Trinajstić information content (AvgIpc) is 3.05. The zero-order valence-corrected chi connectivity index (χ0v) is 23.6. The molecule has 0 radical (unpaired) electrons. The molecule has 0 saturated carbocycles. The van der Waals surface area contributed by atoms with Crippen molar-refractivity contribution in [2.75, 3.05) is 0 Å². The molecule has 43 heavy (non-hydrogen) atoms. The maximum atomic E-state index is 13.7. The maximum absolute atomic E-state index is 13.7.